The Kier molecular flexibility index (Phi) is 9.40. The Labute approximate surface area is 327 Å². The predicted octanol–water partition coefficient (Wildman–Crippen LogP) is 4.36. The average Bonchev–Trinajstić information content (AvgIpc) is 3.96. The van der Waals surface area contributed by atoms with Gasteiger partial charge in [-0.3, -0.25) is 34.3 Å². The van der Waals surface area contributed by atoms with Gasteiger partial charge in [-0.1, -0.05) is 0 Å². The largest absolute Gasteiger partial charge is 0.484 e. The van der Waals surface area contributed by atoms with Crippen molar-refractivity contribution in [3.8, 4) is 17.0 Å². The maximum Gasteiger partial charge on any atom is 0.262 e. The number of benzene rings is 2. The zero-order valence-electron chi connectivity index (χ0n) is 31.9. The summed E-state index contributed by atoms with van der Waals surface area (Å²) in [6.45, 7) is 9.20. The van der Waals surface area contributed by atoms with E-state index in [-0.39, 0.29) is 25.2 Å². The number of aromatic nitrogens is 6. The first-order valence-corrected chi connectivity index (χ1v) is 19.4. The Morgan fingerprint density at radius 1 is 1.02 bits per heavy atom. The van der Waals surface area contributed by atoms with Crippen molar-refractivity contribution in [2.24, 2.45) is 0 Å². The minimum absolute atomic E-state index is 0.0891. The van der Waals surface area contributed by atoms with Gasteiger partial charge in [0.15, 0.2) is 5.75 Å². The molecule has 1 saturated heterocycles. The number of imide groups is 2. The molecule has 2 fully saturated rings. The molecule has 4 aliphatic rings. The molecule has 294 valence electrons. The van der Waals surface area contributed by atoms with E-state index in [1.165, 1.54) is 0 Å². The lowest BCUT2D eigenvalue weighted by Gasteiger charge is -2.27. The number of piperidine rings is 1. The standard InChI is InChI=1S/C40H43N11O6/c1-4-56-23(3)49-20-26(17-43-49)34-35(57-28-6-5-7-28)36-46-40(47-50(36)21-42-34)44-31-9-8-27(14-22(31)2)41-12-13-48-18-24-15-29-30(16-25(24)19-48)39(55)51(38(29)54)32-10-11-33(52)45-37(32)53/h8-9,14-17,20-21,23,28,32,41H,4-7,10-13,18-19H2,1-3H3,(H,44,47)(H,45,52,53). The lowest BCUT2D eigenvalue weighted by Crippen LogP contribution is -2.54. The fourth-order valence-corrected chi connectivity index (χ4v) is 7.82. The number of nitrogens with zero attached hydrogens (tertiary/aromatic N) is 8. The van der Waals surface area contributed by atoms with E-state index < -0.39 is 29.7 Å². The molecule has 5 aromatic rings. The molecule has 3 aliphatic heterocycles. The van der Waals surface area contributed by atoms with Crippen LogP contribution in [-0.4, -0.2) is 94.6 Å². The van der Waals surface area contributed by atoms with Crippen molar-refractivity contribution in [2.75, 3.05) is 30.3 Å². The molecule has 17 nitrogen and oxygen atoms in total. The number of hydrogen-bond acceptors (Lipinski definition) is 13. The summed E-state index contributed by atoms with van der Waals surface area (Å²) in [5, 5.41) is 18.3. The number of nitrogens with one attached hydrogen (secondary N) is 3. The Morgan fingerprint density at radius 3 is 2.47 bits per heavy atom. The third kappa shape index (κ3) is 6.86. The fourth-order valence-electron chi connectivity index (χ4n) is 7.82. The summed E-state index contributed by atoms with van der Waals surface area (Å²) in [4.78, 5) is 63.5. The normalized spacial score (nSPS) is 18.8. The third-order valence-corrected chi connectivity index (χ3v) is 11.1. The molecule has 2 unspecified atom stereocenters. The molecule has 4 amide bonds. The van der Waals surface area contributed by atoms with Crippen molar-refractivity contribution in [1.29, 1.82) is 0 Å². The summed E-state index contributed by atoms with van der Waals surface area (Å²) in [7, 11) is 0. The molecule has 3 aromatic heterocycles. The van der Waals surface area contributed by atoms with Crippen LogP contribution in [0.4, 0.5) is 17.3 Å². The number of carbonyl (C=O) groups is 4. The smallest absolute Gasteiger partial charge is 0.262 e. The van der Waals surface area contributed by atoms with E-state index in [2.05, 4.69) is 37.1 Å². The van der Waals surface area contributed by atoms with Gasteiger partial charge in [-0.15, -0.1) is 5.10 Å². The maximum atomic E-state index is 13.3. The lowest BCUT2D eigenvalue weighted by molar-refractivity contribution is -0.136. The van der Waals surface area contributed by atoms with E-state index in [1.54, 1.807) is 33.9 Å². The van der Waals surface area contributed by atoms with Gasteiger partial charge >= 0.3 is 0 Å². The van der Waals surface area contributed by atoms with Crippen LogP contribution in [0.3, 0.4) is 0 Å². The van der Waals surface area contributed by atoms with Crippen molar-refractivity contribution in [1.82, 2.24) is 44.5 Å². The Balaban J connectivity index is 0.832. The summed E-state index contributed by atoms with van der Waals surface area (Å²) in [6.07, 6.45) is 8.50. The van der Waals surface area contributed by atoms with Crippen LogP contribution in [-0.2, 0) is 27.4 Å². The zero-order valence-corrected chi connectivity index (χ0v) is 31.9. The van der Waals surface area contributed by atoms with Gasteiger partial charge in [-0.05, 0) is 93.5 Å². The first kappa shape index (κ1) is 36.4. The van der Waals surface area contributed by atoms with Crippen molar-refractivity contribution < 1.29 is 28.7 Å². The number of fused-ring (bicyclic) bond motifs is 3. The number of amides is 4. The van der Waals surface area contributed by atoms with Crippen LogP contribution in [0.1, 0.15) is 89.6 Å². The molecule has 0 bridgehead atoms. The molecule has 1 saturated carbocycles. The van der Waals surface area contributed by atoms with Gasteiger partial charge in [0.25, 0.3) is 11.8 Å². The Bertz CT molecular complexity index is 2390. The van der Waals surface area contributed by atoms with E-state index in [4.69, 9.17) is 19.4 Å². The van der Waals surface area contributed by atoms with E-state index >= 15 is 0 Å². The molecular weight excluding hydrogens is 731 g/mol. The van der Waals surface area contributed by atoms with Crippen LogP contribution >= 0.6 is 0 Å². The number of ether oxygens (including phenoxy) is 2. The SMILES string of the molecule is CCOC(C)n1cc(-c2ncn3nc(Nc4ccc(NCCN5Cc6cc7c(cc6C5)C(=O)N(C5CCC(=O)NC5=O)C7=O)cc4C)nc3c2OC2CCC2)cn1. The van der Waals surface area contributed by atoms with Crippen LogP contribution in [0, 0.1) is 6.92 Å². The van der Waals surface area contributed by atoms with E-state index in [0.29, 0.717) is 60.4 Å². The molecule has 57 heavy (non-hydrogen) atoms. The van der Waals surface area contributed by atoms with Gasteiger partial charge in [0.05, 0.1) is 23.4 Å². The molecule has 0 radical (unpaired) electrons. The minimum Gasteiger partial charge on any atom is -0.484 e. The third-order valence-electron chi connectivity index (χ3n) is 11.1. The highest BCUT2D eigenvalue weighted by molar-refractivity contribution is 6.23. The molecule has 9 rings (SSSR count). The zero-order chi connectivity index (χ0) is 39.4. The molecule has 6 heterocycles. The summed E-state index contributed by atoms with van der Waals surface area (Å²) < 4.78 is 15.6. The van der Waals surface area contributed by atoms with Gasteiger partial charge in [0.2, 0.25) is 23.4 Å². The number of rotatable bonds is 13. The highest BCUT2D eigenvalue weighted by Crippen LogP contribution is 2.37. The second-order valence-corrected chi connectivity index (χ2v) is 15.0. The number of carbonyl (C=O) groups excluding carboxylic acids is 4. The van der Waals surface area contributed by atoms with E-state index in [0.717, 1.165) is 64.3 Å². The Morgan fingerprint density at radius 2 is 1.79 bits per heavy atom. The highest BCUT2D eigenvalue weighted by atomic mass is 16.5. The van der Waals surface area contributed by atoms with Gasteiger partial charge < -0.3 is 20.1 Å². The molecule has 2 atom stereocenters. The summed E-state index contributed by atoms with van der Waals surface area (Å²) in [6, 6.07) is 8.67. The number of aryl methyl sites for hydroxylation is 1. The van der Waals surface area contributed by atoms with Crippen molar-refractivity contribution in [3.63, 3.8) is 0 Å². The monoisotopic (exact) mass is 773 g/mol. The van der Waals surface area contributed by atoms with Gasteiger partial charge in [0.1, 0.15) is 24.3 Å². The number of anilines is 3. The molecule has 0 spiro atoms. The first-order chi connectivity index (χ1) is 27.6. The lowest BCUT2D eigenvalue weighted by atomic mass is 9.96. The van der Waals surface area contributed by atoms with Gasteiger partial charge in [-0.2, -0.15) is 14.6 Å². The van der Waals surface area contributed by atoms with Gasteiger partial charge in [0, 0.05) is 62.3 Å². The van der Waals surface area contributed by atoms with Crippen molar-refractivity contribution in [2.45, 2.75) is 84.3 Å². The van der Waals surface area contributed by atoms with Crippen molar-refractivity contribution in [3.05, 3.63) is 76.9 Å². The van der Waals surface area contributed by atoms with Crippen LogP contribution in [0.15, 0.2) is 49.1 Å². The minimum atomic E-state index is -0.974. The topological polar surface area (TPSA) is 190 Å². The first-order valence-electron chi connectivity index (χ1n) is 19.4. The Hall–Kier alpha value is -6.20. The molecule has 2 aromatic carbocycles. The molecular formula is C40H43N11O6. The summed E-state index contributed by atoms with van der Waals surface area (Å²) in [5.74, 6) is -0.982. The van der Waals surface area contributed by atoms with Crippen LogP contribution in [0.2, 0.25) is 0 Å². The average molecular weight is 774 g/mol. The predicted molar refractivity (Wildman–Crippen MR) is 207 cm³/mol. The summed E-state index contributed by atoms with van der Waals surface area (Å²) >= 11 is 0. The second-order valence-electron chi connectivity index (χ2n) is 15.0. The second kappa shape index (κ2) is 14.7. The molecule has 3 N–H and O–H groups in total. The fraction of sp³-hybridized carbons (Fsp3) is 0.400. The summed E-state index contributed by atoms with van der Waals surface area (Å²) in [5.41, 5.74) is 7.46. The van der Waals surface area contributed by atoms with Crippen LogP contribution in [0.5, 0.6) is 5.75 Å². The van der Waals surface area contributed by atoms with Crippen LogP contribution < -0.4 is 20.7 Å². The van der Waals surface area contributed by atoms with Crippen LogP contribution in [0.25, 0.3) is 16.9 Å². The van der Waals surface area contributed by atoms with E-state index in [1.807, 2.05) is 39.1 Å². The highest BCUT2D eigenvalue weighted by Gasteiger charge is 2.45. The van der Waals surface area contributed by atoms with E-state index in [9.17, 15) is 19.2 Å². The molecule has 1 aliphatic carbocycles. The van der Waals surface area contributed by atoms with Crippen molar-refractivity contribution >= 4 is 46.6 Å². The molecule has 17 heteroatoms. The number of hydrogen-bond donors (Lipinski definition) is 3. The quantitative estimate of drug-likeness (QED) is 0.143. The maximum absolute atomic E-state index is 13.3. The van der Waals surface area contributed by atoms with Gasteiger partial charge in [-0.25, -0.2) is 9.67 Å².